The zero-order valence-electron chi connectivity index (χ0n) is 16.2. The maximum absolute atomic E-state index is 12.5. The summed E-state index contributed by atoms with van der Waals surface area (Å²) in [7, 11) is 0. The normalized spacial score (nSPS) is 10.1. The third kappa shape index (κ3) is 5.57. The number of hydrogen-bond acceptors (Lipinski definition) is 5. The molecule has 0 spiro atoms. The Morgan fingerprint density at radius 2 is 1.17 bits per heavy atom. The van der Waals surface area contributed by atoms with Crippen LogP contribution >= 0.6 is 12.4 Å². The lowest BCUT2D eigenvalue weighted by atomic mass is 10.1. The van der Waals surface area contributed by atoms with E-state index < -0.39 is 0 Å². The Labute approximate surface area is 181 Å². The maximum Gasteiger partial charge on any atom is 0.257 e. The maximum atomic E-state index is 12.5. The number of halogens is 1. The summed E-state index contributed by atoms with van der Waals surface area (Å²) in [4.78, 5) is 24.9. The second-order valence-electron chi connectivity index (χ2n) is 6.51. The van der Waals surface area contributed by atoms with Gasteiger partial charge in [-0.3, -0.25) is 9.59 Å². The fourth-order valence-electron chi connectivity index (χ4n) is 2.76. The van der Waals surface area contributed by atoms with Crippen LogP contribution in [0.3, 0.4) is 0 Å². The molecule has 0 aromatic heterocycles. The van der Waals surface area contributed by atoms with Gasteiger partial charge < -0.3 is 27.8 Å². The van der Waals surface area contributed by atoms with Gasteiger partial charge in [0.25, 0.3) is 11.8 Å². The summed E-state index contributed by atoms with van der Waals surface area (Å²) < 4.78 is 0. The Bertz CT molecular complexity index is 1020. The first kappa shape index (κ1) is 22.9. The van der Waals surface area contributed by atoms with Crippen LogP contribution in [0.1, 0.15) is 31.8 Å². The summed E-state index contributed by atoms with van der Waals surface area (Å²) in [5.41, 5.74) is 21.2. The number of nitrogens with two attached hydrogens (primary N) is 3. The number of nitrogens with one attached hydrogen (secondary N) is 2. The number of carbonyl (C=O) groups is 2. The van der Waals surface area contributed by atoms with Crippen LogP contribution < -0.4 is 27.8 Å². The van der Waals surface area contributed by atoms with E-state index in [0.29, 0.717) is 30.0 Å². The van der Waals surface area contributed by atoms with Crippen molar-refractivity contribution in [1.82, 2.24) is 0 Å². The Balaban J connectivity index is 0.00000320. The largest absolute Gasteiger partial charge is 0.398 e. The van der Waals surface area contributed by atoms with Gasteiger partial charge in [0, 0.05) is 35.7 Å². The minimum atomic E-state index is -0.354. The molecule has 8 N–H and O–H groups in total. The second kappa shape index (κ2) is 10.4. The highest BCUT2D eigenvalue weighted by atomic mass is 35.5. The van der Waals surface area contributed by atoms with Crippen molar-refractivity contribution in [1.29, 1.82) is 0 Å². The van der Waals surface area contributed by atoms with Gasteiger partial charge in [-0.15, -0.1) is 12.4 Å². The molecule has 0 saturated heterocycles. The first-order valence-corrected chi connectivity index (χ1v) is 9.10. The Morgan fingerprint density at radius 3 is 1.60 bits per heavy atom. The van der Waals surface area contributed by atoms with Gasteiger partial charge in [0.05, 0.1) is 5.56 Å². The molecule has 0 atom stereocenters. The molecule has 3 rings (SSSR count). The third-order valence-electron chi connectivity index (χ3n) is 4.45. The summed E-state index contributed by atoms with van der Waals surface area (Å²) in [6, 6.07) is 19.0. The molecule has 0 radical (unpaired) electrons. The molecule has 0 aliphatic rings. The van der Waals surface area contributed by atoms with Gasteiger partial charge in [0.15, 0.2) is 0 Å². The molecule has 3 aromatic rings. The summed E-state index contributed by atoms with van der Waals surface area (Å²) in [6.07, 6.45) is 0. The standard InChI is InChI=1S/C22H23N5O2.ClH/c23-12-14-1-6-17(7-2-14)26-21(28)16-5-10-19(20(25)11-16)22(29)27-18-8-3-15(13-24)4-9-18;/h1-11H,12-13,23-25H2,(H,26,28)(H,27,29);1H. The lowest BCUT2D eigenvalue weighted by Gasteiger charge is -2.10. The van der Waals surface area contributed by atoms with Crippen molar-refractivity contribution in [3.63, 3.8) is 0 Å². The van der Waals surface area contributed by atoms with Crippen LogP contribution in [0.25, 0.3) is 0 Å². The third-order valence-corrected chi connectivity index (χ3v) is 4.45. The fourth-order valence-corrected chi connectivity index (χ4v) is 2.76. The summed E-state index contributed by atoms with van der Waals surface area (Å²) in [5.74, 6) is -0.672. The van der Waals surface area contributed by atoms with Crippen LogP contribution in [0.15, 0.2) is 66.7 Å². The summed E-state index contributed by atoms with van der Waals surface area (Å²) >= 11 is 0. The van der Waals surface area contributed by atoms with Crippen molar-refractivity contribution < 1.29 is 9.59 Å². The lowest BCUT2D eigenvalue weighted by molar-refractivity contribution is 0.101. The molecular weight excluding hydrogens is 402 g/mol. The Kier molecular flexibility index (Phi) is 7.94. The van der Waals surface area contributed by atoms with E-state index in [-0.39, 0.29) is 35.5 Å². The van der Waals surface area contributed by atoms with Crippen LogP contribution in [-0.4, -0.2) is 11.8 Å². The summed E-state index contributed by atoms with van der Waals surface area (Å²) in [5, 5.41) is 5.57. The number of anilines is 3. The number of amides is 2. The molecule has 2 amide bonds. The van der Waals surface area contributed by atoms with Crippen molar-refractivity contribution in [2.24, 2.45) is 11.5 Å². The van der Waals surface area contributed by atoms with Gasteiger partial charge in [-0.1, -0.05) is 24.3 Å². The quantitative estimate of drug-likeness (QED) is 0.386. The molecular formula is C22H24ClN5O2. The SMILES string of the molecule is Cl.NCc1ccc(NC(=O)c2ccc(C(=O)Nc3ccc(CN)cc3)c(N)c2)cc1. The molecule has 156 valence electrons. The van der Waals surface area contributed by atoms with E-state index in [1.165, 1.54) is 12.1 Å². The van der Waals surface area contributed by atoms with Crippen molar-refractivity contribution in [2.75, 3.05) is 16.4 Å². The number of rotatable bonds is 6. The van der Waals surface area contributed by atoms with Crippen molar-refractivity contribution in [2.45, 2.75) is 13.1 Å². The molecule has 30 heavy (non-hydrogen) atoms. The van der Waals surface area contributed by atoms with Crippen LogP contribution in [0.4, 0.5) is 17.1 Å². The highest BCUT2D eigenvalue weighted by Gasteiger charge is 2.14. The van der Waals surface area contributed by atoms with Gasteiger partial charge in [0.1, 0.15) is 0 Å². The highest BCUT2D eigenvalue weighted by Crippen LogP contribution is 2.19. The zero-order chi connectivity index (χ0) is 20.8. The second-order valence-corrected chi connectivity index (χ2v) is 6.51. The minimum absolute atomic E-state index is 0. The van der Waals surface area contributed by atoms with Gasteiger partial charge in [-0.05, 0) is 53.6 Å². The molecule has 8 heteroatoms. The van der Waals surface area contributed by atoms with E-state index >= 15 is 0 Å². The molecule has 7 nitrogen and oxygen atoms in total. The number of nitrogen functional groups attached to an aromatic ring is 1. The van der Waals surface area contributed by atoms with Crippen LogP contribution in [0, 0.1) is 0 Å². The van der Waals surface area contributed by atoms with Crippen LogP contribution in [0.2, 0.25) is 0 Å². The van der Waals surface area contributed by atoms with Crippen molar-refractivity contribution in [3.05, 3.63) is 89.0 Å². The number of hydrogen-bond donors (Lipinski definition) is 5. The Morgan fingerprint density at radius 1 is 0.700 bits per heavy atom. The lowest BCUT2D eigenvalue weighted by Crippen LogP contribution is -2.16. The molecule has 3 aromatic carbocycles. The van der Waals surface area contributed by atoms with Gasteiger partial charge in [0.2, 0.25) is 0 Å². The highest BCUT2D eigenvalue weighted by molar-refractivity contribution is 6.10. The fraction of sp³-hybridized carbons (Fsp3) is 0.0909. The molecule has 0 unspecified atom stereocenters. The van der Waals surface area contributed by atoms with Crippen LogP contribution in [-0.2, 0) is 13.1 Å². The number of benzene rings is 3. The van der Waals surface area contributed by atoms with E-state index in [2.05, 4.69) is 10.6 Å². The first-order chi connectivity index (χ1) is 14.0. The topological polar surface area (TPSA) is 136 Å². The molecule has 0 heterocycles. The van der Waals surface area contributed by atoms with Crippen molar-refractivity contribution >= 4 is 41.3 Å². The predicted octanol–water partition coefficient (Wildman–Crippen LogP) is 3.11. The zero-order valence-corrected chi connectivity index (χ0v) is 17.0. The Hall–Kier alpha value is -3.39. The van der Waals surface area contributed by atoms with Gasteiger partial charge in [-0.2, -0.15) is 0 Å². The average Bonchev–Trinajstić information content (AvgIpc) is 2.74. The molecule has 0 bridgehead atoms. The van der Waals surface area contributed by atoms with E-state index in [1.54, 1.807) is 30.3 Å². The monoisotopic (exact) mass is 425 g/mol. The van der Waals surface area contributed by atoms with Crippen molar-refractivity contribution in [3.8, 4) is 0 Å². The first-order valence-electron chi connectivity index (χ1n) is 9.10. The van der Waals surface area contributed by atoms with E-state index in [0.717, 1.165) is 11.1 Å². The predicted molar refractivity (Wildman–Crippen MR) is 123 cm³/mol. The molecule has 0 fully saturated rings. The number of carbonyl (C=O) groups excluding carboxylic acids is 2. The van der Waals surface area contributed by atoms with Gasteiger partial charge in [-0.25, -0.2) is 0 Å². The smallest absolute Gasteiger partial charge is 0.257 e. The summed E-state index contributed by atoms with van der Waals surface area (Å²) in [6.45, 7) is 0.868. The van der Waals surface area contributed by atoms with E-state index in [4.69, 9.17) is 17.2 Å². The molecule has 0 aliphatic heterocycles. The average molecular weight is 426 g/mol. The van der Waals surface area contributed by atoms with E-state index in [9.17, 15) is 9.59 Å². The van der Waals surface area contributed by atoms with Crippen LogP contribution in [0.5, 0.6) is 0 Å². The molecule has 0 aliphatic carbocycles. The van der Waals surface area contributed by atoms with E-state index in [1.807, 2.05) is 24.3 Å². The minimum Gasteiger partial charge on any atom is -0.398 e. The molecule has 0 saturated carbocycles. The van der Waals surface area contributed by atoms with Gasteiger partial charge >= 0.3 is 0 Å².